The van der Waals surface area contributed by atoms with Gasteiger partial charge in [0, 0.05) is 12.1 Å². The Kier molecular flexibility index (Phi) is 7.41. The average molecular weight is 442 g/mol. The van der Waals surface area contributed by atoms with Crippen LogP contribution >= 0.6 is 0 Å². The Labute approximate surface area is 190 Å². The normalized spacial score (nSPS) is 17.4. The topological polar surface area (TPSA) is 81.6 Å². The fourth-order valence-corrected chi connectivity index (χ4v) is 4.59. The van der Waals surface area contributed by atoms with Crippen LogP contribution in [0.3, 0.4) is 0 Å². The SMILES string of the molecule is Cc1c(CC(C)(C)C)n(C)[n+](CCN2CCC[C@H]2c2ccc(C=CC(=O)NO)cc2)c1O. The van der Waals surface area contributed by atoms with Crippen LogP contribution in [-0.4, -0.2) is 38.9 Å². The zero-order valence-electron chi connectivity index (χ0n) is 19.9. The third-order valence-electron chi connectivity index (χ3n) is 6.28. The van der Waals surface area contributed by atoms with Gasteiger partial charge in [0.1, 0.15) is 0 Å². The van der Waals surface area contributed by atoms with Crippen molar-refractivity contribution in [3.05, 3.63) is 52.7 Å². The summed E-state index contributed by atoms with van der Waals surface area (Å²) in [4.78, 5) is 13.6. The number of hydrogen-bond donors (Lipinski definition) is 3. The van der Waals surface area contributed by atoms with Crippen molar-refractivity contribution in [1.82, 2.24) is 15.1 Å². The highest BCUT2D eigenvalue weighted by atomic mass is 16.5. The van der Waals surface area contributed by atoms with Crippen molar-refractivity contribution in [2.45, 2.75) is 59.5 Å². The van der Waals surface area contributed by atoms with E-state index in [1.807, 2.05) is 30.8 Å². The molecule has 3 N–H and O–H groups in total. The van der Waals surface area contributed by atoms with E-state index in [2.05, 4.69) is 42.5 Å². The number of hydrogen-bond acceptors (Lipinski definition) is 4. The summed E-state index contributed by atoms with van der Waals surface area (Å²) < 4.78 is 4.11. The van der Waals surface area contributed by atoms with Crippen LogP contribution in [0.2, 0.25) is 0 Å². The maximum absolute atomic E-state index is 11.2. The van der Waals surface area contributed by atoms with Gasteiger partial charge in [0.15, 0.2) is 6.54 Å². The third kappa shape index (κ3) is 5.58. The highest BCUT2D eigenvalue weighted by Crippen LogP contribution is 2.32. The molecule has 0 saturated carbocycles. The number of nitrogens with zero attached hydrogens (tertiary/aromatic N) is 3. The molecule has 2 aromatic rings. The van der Waals surface area contributed by atoms with Gasteiger partial charge in [-0.05, 0) is 55.3 Å². The second-order valence-electron chi connectivity index (χ2n) is 9.95. The second-order valence-corrected chi connectivity index (χ2v) is 9.95. The fourth-order valence-electron chi connectivity index (χ4n) is 4.59. The number of aromatic hydroxyl groups is 1. The van der Waals surface area contributed by atoms with Crippen LogP contribution in [-0.2, 0) is 24.8 Å². The van der Waals surface area contributed by atoms with Gasteiger partial charge in [-0.3, -0.25) is 14.9 Å². The van der Waals surface area contributed by atoms with Crippen molar-refractivity contribution >= 4 is 12.0 Å². The van der Waals surface area contributed by atoms with Crippen LogP contribution in [0.4, 0.5) is 0 Å². The van der Waals surface area contributed by atoms with Crippen LogP contribution in [0.1, 0.15) is 62.0 Å². The summed E-state index contributed by atoms with van der Waals surface area (Å²) in [5, 5.41) is 19.4. The molecule has 1 saturated heterocycles. The number of carbonyl (C=O) groups excluding carboxylic acids is 1. The Balaban J connectivity index is 1.69. The lowest BCUT2D eigenvalue weighted by atomic mass is 9.89. The van der Waals surface area contributed by atoms with Gasteiger partial charge in [-0.15, -0.1) is 0 Å². The third-order valence-corrected chi connectivity index (χ3v) is 6.28. The second kappa shape index (κ2) is 9.88. The minimum Gasteiger partial charge on any atom is -0.458 e. The minimum atomic E-state index is -0.543. The Hall–Kier alpha value is -2.64. The molecule has 1 aliphatic heterocycles. The summed E-state index contributed by atoms with van der Waals surface area (Å²) in [7, 11) is 2.04. The zero-order valence-corrected chi connectivity index (χ0v) is 19.9. The van der Waals surface area contributed by atoms with E-state index in [1.54, 1.807) is 11.6 Å². The molecule has 0 spiro atoms. The molecule has 7 heteroatoms. The van der Waals surface area contributed by atoms with Crippen molar-refractivity contribution in [1.29, 1.82) is 0 Å². The molecule has 1 fully saturated rings. The van der Waals surface area contributed by atoms with Gasteiger partial charge in [0.05, 0.1) is 24.8 Å². The highest BCUT2D eigenvalue weighted by Gasteiger charge is 2.31. The summed E-state index contributed by atoms with van der Waals surface area (Å²) in [6.07, 6.45) is 6.16. The number of rotatable bonds is 7. The predicted octanol–water partition coefficient (Wildman–Crippen LogP) is 3.27. The Morgan fingerprint density at radius 1 is 1.28 bits per heavy atom. The molecular formula is C25H37N4O3+. The smallest absolute Gasteiger partial charge is 0.394 e. The standard InChI is InChI=1S/C25H36N4O3/c1-18-22(17-25(2,3)4)27(5)29(24(18)31)16-15-28-14-6-7-21(28)20-11-8-19(9-12-20)10-13-23(30)26-32/h8-13,21H,6-7,14-17H2,1-5H3,(H2,26,30,32)/p+1/t21-/m0/s1. The lowest BCUT2D eigenvalue weighted by Gasteiger charge is -2.23. The van der Waals surface area contributed by atoms with Crippen molar-refractivity contribution in [2.24, 2.45) is 12.5 Å². The predicted molar refractivity (Wildman–Crippen MR) is 124 cm³/mol. The maximum Gasteiger partial charge on any atom is 0.394 e. The van der Waals surface area contributed by atoms with Gasteiger partial charge >= 0.3 is 5.88 Å². The molecule has 0 aliphatic carbocycles. The van der Waals surface area contributed by atoms with Crippen LogP contribution in [0, 0.1) is 12.3 Å². The Bertz CT molecular complexity index is 971. The quantitative estimate of drug-likeness (QED) is 0.267. The van der Waals surface area contributed by atoms with Crippen LogP contribution < -0.4 is 10.2 Å². The summed E-state index contributed by atoms with van der Waals surface area (Å²) in [5.74, 6) is -0.177. The van der Waals surface area contributed by atoms with Crippen LogP contribution in [0.25, 0.3) is 6.08 Å². The number of hydroxylamine groups is 1. The number of carbonyl (C=O) groups is 1. The van der Waals surface area contributed by atoms with E-state index in [4.69, 9.17) is 5.21 Å². The number of amides is 1. The molecular weight excluding hydrogens is 404 g/mol. The van der Waals surface area contributed by atoms with Gasteiger partial charge in [0.25, 0.3) is 5.91 Å². The number of aromatic nitrogens is 2. The van der Waals surface area contributed by atoms with Crippen molar-refractivity contribution in [3.63, 3.8) is 0 Å². The molecule has 0 unspecified atom stereocenters. The molecule has 7 nitrogen and oxygen atoms in total. The van der Waals surface area contributed by atoms with E-state index in [0.717, 1.165) is 50.0 Å². The van der Waals surface area contributed by atoms with Crippen molar-refractivity contribution < 1.29 is 19.8 Å². The van der Waals surface area contributed by atoms with Crippen LogP contribution in [0.5, 0.6) is 5.88 Å². The highest BCUT2D eigenvalue weighted by molar-refractivity contribution is 5.90. The molecule has 1 amide bonds. The van der Waals surface area contributed by atoms with E-state index in [0.29, 0.717) is 11.9 Å². The molecule has 0 radical (unpaired) electrons. The first-order chi connectivity index (χ1) is 15.1. The van der Waals surface area contributed by atoms with Crippen molar-refractivity contribution in [3.8, 4) is 5.88 Å². The summed E-state index contributed by atoms with van der Waals surface area (Å²) in [6, 6.07) is 8.56. The molecule has 2 heterocycles. The number of nitrogens with one attached hydrogen (secondary N) is 1. The minimum absolute atomic E-state index is 0.157. The Morgan fingerprint density at radius 3 is 2.59 bits per heavy atom. The summed E-state index contributed by atoms with van der Waals surface area (Å²) >= 11 is 0. The lowest BCUT2D eigenvalue weighted by Crippen LogP contribution is -2.46. The van der Waals surface area contributed by atoms with Gasteiger partial charge in [-0.2, -0.15) is 4.68 Å². The first kappa shape index (κ1) is 24.0. The molecule has 1 atom stereocenters. The summed E-state index contributed by atoms with van der Waals surface area (Å²) in [6.45, 7) is 11.3. The van der Waals surface area contributed by atoms with E-state index in [-0.39, 0.29) is 5.41 Å². The van der Waals surface area contributed by atoms with Crippen LogP contribution in [0.15, 0.2) is 30.3 Å². The lowest BCUT2D eigenvalue weighted by molar-refractivity contribution is -0.777. The first-order valence-electron chi connectivity index (χ1n) is 11.3. The maximum atomic E-state index is 11.2. The van der Waals surface area contributed by atoms with E-state index in [1.165, 1.54) is 17.3 Å². The average Bonchev–Trinajstić information content (AvgIpc) is 3.29. The number of benzene rings is 1. The molecule has 0 bridgehead atoms. The van der Waals surface area contributed by atoms with Crippen molar-refractivity contribution in [2.75, 3.05) is 13.1 Å². The first-order valence-corrected chi connectivity index (χ1v) is 11.3. The van der Waals surface area contributed by atoms with Gasteiger partial charge in [-0.25, -0.2) is 5.48 Å². The number of likely N-dealkylation sites (tertiary alicyclic amines) is 1. The summed E-state index contributed by atoms with van der Waals surface area (Å²) in [5.41, 5.74) is 6.08. The monoisotopic (exact) mass is 441 g/mol. The fraction of sp³-hybridized carbons (Fsp3) is 0.520. The van der Waals surface area contributed by atoms with Gasteiger partial charge in [-0.1, -0.05) is 49.7 Å². The molecule has 1 aromatic carbocycles. The van der Waals surface area contributed by atoms with E-state index in [9.17, 15) is 9.90 Å². The molecule has 32 heavy (non-hydrogen) atoms. The molecule has 1 aliphatic rings. The largest absolute Gasteiger partial charge is 0.458 e. The van der Waals surface area contributed by atoms with E-state index >= 15 is 0 Å². The zero-order chi connectivity index (χ0) is 23.5. The molecule has 3 rings (SSSR count). The Morgan fingerprint density at radius 2 is 1.97 bits per heavy atom. The van der Waals surface area contributed by atoms with E-state index < -0.39 is 5.91 Å². The van der Waals surface area contributed by atoms with Gasteiger partial charge < -0.3 is 5.11 Å². The van der Waals surface area contributed by atoms with Gasteiger partial charge in [0.2, 0.25) is 0 Å². The molecule has 174 valence electrons. The molecule has 1 aromatic heterocycles.